The number of carbonyl (C=O) groups excluding carboxylic acids is 4. The molecule has 1 saturated heterocycles. The number of benzene rings is 1. The number of nitrogens with zero attached hydrogens (tertiary/aromatic N) is 2. The molecule has 5 atom stereocenters. The SMILES string of the molecule is CC(C)CC(NC(=O)OCc1ccccc1)C(=O)NC(C)C(=O)NC(CC(C)C)C(=O)Nc1ccn(C2COC(CO)O2)c(=O)n1. The number of aromatic nitrogens is 2. The molecular weight excluding hydrogens is 600 g/mol. The predicted octanol–water partition coefficient (Wildman–Crippen LogP) is 1.42. The average Bonchev–Trinajstić information content (AvgIpc) is 3.48. The fourth-order valence-corrected chi connectivity index (χ4v) is 4.59. The molecule has 0 aliphatic carbocycles. The minimum absolute atomic E-state index is 0.00224. The summed E-state index contributed by atoms with van der Waals surface area (Å²) in [7, 11) is 0. The van der Waals surface area contributed by atoms with Gasteiger partial charge in [-0.2, -0.15) is 4.98 Å². The van der Waals surface area contributed by atoms with Gasteiger partial charge in [0.1, 0.15) is 30.6 Å². The van der Waals surface area contributed by atoms with Gasteiger partial charge in [0.25, 0.3) is 0 Å². The standard InChI is InChI=1S/C31H44N6O9/c1-18(2)13-22(29(41)35-24-11-12-37(30(42)36-24)25-17-44-26(15-38)46-25)33-27(39)20(5)32-28(40)23(14-19(3)4)34-31(43)45-16-21-9-7-6-8-10-21/h6-12,18-20,22-23,25-26,38H,13-17H2,1-5H3,(H,32,40)(H,33,39)(H,34,43)(H,35,36,41,42). The molecule has 252 valence electrons. The summed E-state index contributed by atoms with van der Waals surface area (Å²) in [5.74, 6) is -1.79. The van der Waals surface area contributed by atoms with E-state index < -0.39 is 60.1 Å². The van der Waals surface area contributed by atoms with E-state index in [-0.39, 0.29) is 43.9 Å². The topological polar surface area (TPSA) is 199 Å². The number of nitrogens with one attached hydrogen (secondary N) is 4. The molecule has 3 rings (SSSR count). The summed E-state index contributed by atoms with van der Waals surface area (Å²) in [4.78, 5) is 68.3. The second kappa shape index (κ2) is 17.4. The number of aliphatic hydroxyl groups is 1. The van der Waals surface area contributed by atoms with Gasteiger partial charge in [-0.3, -0.25) is 19.0 Å². The Morgan fingerprint density at radius 1 is 0.935 bits per heavy atom. The second-order valence-electron chi connectivity index (χ2n) is 11.8. The summed E-state index contributed by atoms with van der Waals surface area (Å²) in [5, 5.41) is 19.6. The van der Waals surface area contributed by atoms with E-state index in [1.54, 1.807) is 0 Å². The molecule has 1 aliphatic rings. The third kappa shape index (κ3) is 11.2. The van der Waals surface area contributed by atoms with Gasteiger partial charge in [0.15, 0.2) is 12.5 Å². The Morgan fingerprint density at radius 3 is 2.17 bits per heavy atom. The van der Waals surface area contributed by atoms with Crippen molar-refractivity contribution in [2.24, 2.45) is 11.8 Å². The molecule has 1 aromatic carbocycles. The molecule has 46 heavy (non-hydrogen) atoms. The lowest BCUT2D eigenvalue weighted by atomic mass is 10.0. The van der Waals surface area contributed by atoms with Crippen LogP contribution in [0.25, 0.3) is 0 Å². The van der Waals surface area contributed by atoms with Gasteiger partial charge in [0.2, 0.25) is 17.7 Å². The van der Waals surface area contributed by atoms with Crippen LogP contribution in [0, 0.1) is 11.8 Å². The highest BCUT2D eigenvalue weighted by atomic mass is 16.7. The highest BCUT2D eigenvalue weighted by Gasteiger charge is 2.30. The fourth-order valence-electron chi connectivity index (χ4n) is 4.59. The highest BCUT2D eigenvalue weighted by Crippen LogP contribution is 2.19. The van der Waals surface area contributed by atoms with Crippen molar-refractivity contribution in [3.63, 3.8) is 0 Å². The van der Waals surface area contributed by atoms with Crippen molar-refractivity contribution in [3.05, 3.63) is 58.6 Å². The van der Waals surface area contributed by atoms with Gasteiger partial charge < -0.3 is 40.6 Å². The van der Waals surface area contributed by atoms with Crippen molar-refractivity contribution in [2.45, 2.75) is 84.7 Å². The molecule has 0 bridgehead atoms. The van der Waals surface area contributed by atoms with Gasteiger partial charge in [-0.15, -0.1) is 0 Å². The summed E-state index contributed by atoms with van der Waals surface area (Å²) in [6.45, 7) is 8.71. The van der Waals surface area contributed by atoms with Crippen LogP contribution in [-0.4, -0.2) is 76.1 Å². The molecule has 1 fully saturated rings. The maximum Gasteiger partial charge on any atom is 0.408 e. The van der Waals surface area contributed by atoms with Crippen LogP contribution in [0.2, 0.25) is 0 Å². The first-order valence-corrected chi connectivity index (χ1v) is 15.2. The maximum absolute atomic E-state index is 13.2. The largest absolute Gasteiger partial charge is 0.445 e. The van der Waals surface area contributed by atoms with E-state index >= 15 is 0 Å². The summed E-state index contributed by atoms with van der Waals surface area (Å²) in [6.07, 6.45) is -0.451. The Morgan fingerprint density at radius 2 is 1.59 bits per heavy atom. The zero-order chi connectivity index (χ0) is 33.8. The lowest BCUT2D eigenvalue weighted by Crippen LogP contribution is -2.55. The number of hydrogen-bond donors (Lipinski definition) is 5. The van der Waals surface area contributed by atoms with Gasteiger partial charge in [-0.1, -0.05) is 58.0 Å². The number of amides is 4. The zero-order valence-corrected chi connectivity index (χ0v) is 26.7. The normalized spacial score (nSPS) is 18.0. The lowest BCUT2D eigenvalue weighted by Gasteiger charge is -2.24. The minimum Gasteiger partial charge on any atom is -0.445 e. The number of alkyl carbamates (subject to hydrolysis) is 1. The monoisotopic (exact) mass is 644 g/mol. The van der Waals surface area contributed by atoms with Crippen LogP contribution < -0.4 is 27.0 Å². The molecule has 4 amide bonds. The molecule has 0 radical (unpaired) electrons. The molecule has 1 aliphatic heterocycles. The number of rotatable bonds is 15. The molecule has 0 spiro atoms. The van der Waals surface area contributed by atoms with E-state index in [0.717, 1.165) is 5.56 Å². The number of carbonyl (C=O) groups is 4. The van der Waals surface area contributed by atoms with Crippen LogP contribution >= 0.6 is 0 Å². The Labute approximate surface area is 267 Å². The van der Waals surface area contributed by atoms with Gasteiger partial charge in [0.05, 0.1) is 13.2 Å². The van der Waals surface area contributed by atoms with Crippen molar-refractivity contribution in [2.75, 3.05) is 18.5 Å². The smallest absolute Gasteiger partial charge is 0.408 e. The number of hydrogen-bond acceptors (Lipinski definition) is 10. The fraction of sp³-hybridized carbons (Fsp3) is 0.548. The van der Waals surface area contributed by atoms with E-state index in [0.29, 0.717) is 6.42 Å². The van der Waals surface area contributed by atoms with Crippen molar-refractivity contribution in [3.8, 4) is 0 Å². The van der Waals surface area contributed by atoms with E-state index in [1.807, 2.05) is 58.0 Å². The maximum atomic E-state index is 13.2. The summed E-state index contributed by atoms with van der Waals surface area (Å²) in [6, 6.07) is 7.48. The second-order valence-corrected chi connectivity index (χ2v) is 11.8. The summed E-state index contributed by atoms with van der Waals surface area (Å²) >= 11 is 0. The number of ether oxygens (including phenoxy) is 3. The lowest BCUT2D eigenvalue weighted by molar-refractivity contribution is -0.131. The van der Waals surface area contributed by atoms with Crippen LogP contribution in [0.15, 0.2) is 47.4 Å². The number of anilines is 1. The molecule has 0 saturated carbocycles. The third-order valence-corrected chi connectivity index (χ3v) is 6.89. The van der Waals surface area contributed by atoms with Crippen LogP contribution in [0.5, 0.6) is 0 Å². The molecule has 2 heterocycles. The van der Waals surface area contributed by atoms with Crippen molar-refractivity contribution >= 4 is 29.6 Å². The Balaban J connectivity index is 1.59. The summed E-state index contributed by atoms with van der Waals surface area (Å²) in [5.41, 5.74) is 0.0814. The zero-order valence-electron chi connectivity index (χ0n) is 26.7. The first-order chi connectivity index (χ1) is 21.9. The van der Waals surface area contributed by atoms with Gasteiger partial charge in [-0.25, -0.2) is 9.59 Å². The molecule has 1 aromatic heterocycles. The molecular formula is C31H44N6O9. The third-order valence-electron chi connectivity index (χ3n) is 6.89. The minimum atomic E-state index is -1.05. The first-order valence-electron chi connectivity index (χ1n) is 15.2. The van der Waals surface area contributed by atoms with Crippen LogP contribution in [0.3, 0.4) is 0 Å². The molecule has 5 N–H and O–H groups in total. The Kier molecular flexibility index (Phi) is 13.7. The Hall–Kier alpha value is -4.34. The van der Waals surface area contributed by atoms with E-state index in [2.05, 4.69) is 26.3 Å². The first kappa shape index (κ1) is 36.1. The van der Waals surface area contributed by atoms with Crippen molar-refractivity contribution in [1.82, 2.24) is 25.5 Å². The van der Waals surface area contributed by atoms with Gasteiger partial charge in [-0.05, 0) is 43.2 Å². The number of aliphatic hydroxyl groups excluding tert-OH is 1. The van der Waals surface area contributed by atoms with E-state index in [1.165, 1.54) is 23.8 Å². The van der Waals surface area contributed by atoms with Crippen LogP contribution in [0.1, 0.15) is 59.3 Å². The van der Waals surface area contributed by atoms with Crippen molar-refractivity contribution in [1.29, 1.82) is 0 Å². The molecule has 5 unspecified atom stereocenters. The Bertz CT molecular complexity index is 1380. The molecule has 2 aromatic rings. The molecule has 15 nitrogen and oxygen atoms in total. The summed E-state index contributed by atoms with van der Waals surface area (Å²) < 4.78 is 17.1. The van der Waals surface area contributed by atoms with Crippen LogP contribution in [-0.2, 0) is 35.2 Å². The van der Waals surface area contributed by atoms with Gasteiger partial charge >= 0.3 is 11.8 Å². The van der Waals surface area contributed by atoms with Crippen molar-refractivity contribution < 1.29 is 38.5 Å². The van der Waals surface area contributed by atoms with Crippen LogP contribution in [0.4, 0.5) is 10.6 Å². The average molecular weight is 645 g/mol. The highest BCUT2D eigenvalue weighted by molar-refractivity contribution is 5.98. The van der Waals surface area contributed by atoms with E-state index in [9.17, 15) is 24.0 Å². The van der Waals surface area contributed by atoms with Gasteiger partial charge in [0, 0.05) is 6.20 Å². The predicted molar refractivity (Wildman–Crippen MR) is 166 cm³/mol. The molecule has 15 heteroatoms. The van der Waals surface area contributed by atoms with E-state index in [4.69, 9.17) is 19.3 Å². The quantitative estimate of drug-likeness (QED) is 0.189.